The lowest BCUT2D eigenvalue weighted by Gasteiger charge is -2.16. The zero-order chi connectivity index (χ0) is 12.4. The van der Waals surface area contributed by atoms with Gasteiger partial charge in [0.25, 0.3) is 0 Å². The van der Waals surface area contributed by atoms with Crippen LogP contribution >= 0.6 is 0 Å². The van der Waals surface area contributed by atoms with Crippen molar-refractivity contribution in [1.29, 1.82) is 0 Å². The summed E-state index contributed by atoms with van der Waals surface area (Å²) >= 11 is 0. The highest BCUT2D eigenvalue weighted by molar-refractivity contribution is 5.29. The van der Waals surface area contributed by atoms with Gasteiger partial charge in [-0.05, 0) is 54.7 Å². The van der Waals surface area contributed by atoms with Crippen LogP contribution in [0.2, 0.25) is 0 Å². The maximum absolute atomic E-state index is 3.66. The van der Waals surface area contributed by atoms with E-state index >= 15 is 0 Å². The maximum atomic E-state index is 3.66. The summed E-state index contributed by atoms with van der Waals surface area (Å²) < 4.78 is 0. The third-order valence-electron chi connectivity index (χ3n) is 4.77. The Morgan fingerprint density at radius 3 is 2.78 bits per heavy atom. The first-order chi connectivity index (χ1) is 8.83. The van der Waals surface area contributed by atoms with Crippen molar-refractivity contribution in [3.63, 3.8) is 0 Å². The van der Waals surface area contributed by atoms with Crippen molar-refractivity contribution in [3.8, 4) is 0 Å². The van der Waals surface area contributed by atoms with E-state index < -0.39 is 0 Å². The van der Waals surface area contributed by atoms with Crippen LogP contribution in [0.3, 0.4) is 0 Å². The van der Waals surface area contributed by atoms with Crippen LogP contribution in [0.4, 0.5) is 0 Å². The minimum absolute atomic E-state index is 0.875. The molecule has 2 unspecified atom stereocenters. The molecule has 1 nitrogen and oxygen atoms in total. The van der Waals surface area contributed by atoms with Crippen LogP contribution in [0.5, 0.6) is 0 Å². The van der Waals surface area contributed by atoms with Crippen LogP contribution in [0.25, 0.3) is 0 Å². The molecule has 1 aromatic carbocycles. The Labute approximate surface area is 111 Å². The maximum Gasteiger partial charge on any atom is 0.0205 e. The van der Waals surface area contributed by atoms with Crippen LogP contribution < -0.4 is 5.32 Å². The Morgan fingerprint density at radius 1 is 1.17 bits per heavy atom. The summed E-state index contributed by atoms with van der Waals surface area (Å²) in [5, 5.41) is 3.66. The van der Waals surface area contributed by atoms with Crippen molar-refractivity contribution in [2.45, 2.75) is 51.5 Å². The van der Waals surface area contributed by atoms with Gasteiger partial charge in [0, 0.05) is 6.54 Å². The molecule has 0 saturated heterocycles. The van der Waals surface area contributed by atoms with Crippen molar-refractivity contribution < 1.29 is 0 Å². The molecule has 0 amide bonds. The van der Waals surface area contributed by atoms with E-state index in [1.165, 1.54) is 44.2 Å². The average Bonchev–Trinajstić information content (AvgIpc) is 3.15. The Kier molecular flexibility index (Phi) is 3.69. The summed E-state index contributed by atoms with van der Waals surface area (Å²) in [5.74, 6) is 2.71. The molecule has 1 heteroatoms. The Morgan fingerprint density at radius 2 is 2.06 bits per heavy atom. The molecule has 3 rings (SSSR count). The van der Waals surface area contributed by atoms with Gasteiger partial charge in [0.1, 0.15) is 0 Å². The van der Waals surface area contributed by atoms with Crippen molar-refractivity contribution >= 4 is 0 Å². The quantitative estimate of drug-likeness (QED) is 0.821. The smallest absolute Gasteiger partial charge is 0.0205 e. The number of hydrogen-bond acceptors (Lipinski definition) is 1. The monoisotopic (exact) mass is 243 g/mol. The molecule has 98 valence electrons. The van der Waals surface area contributed by atoms with E-state index in [2.05, 4.69) is 36.5 Å². The fourth-order valence-corrected chi connectivity index (χ4v) is 3.30. The molecule has 0 radical (unpaired) electrons. The van der Waals surface area contributed by atoms with Gasteiger partial charge >= 0.3 is 0 Å². The minimum atomic E-state index is 0.875. The van der Waals surface area contributed by atoms with Gasteiger partial charge in [0.05, 0.1) is 0 Å². The summed E-state index contributed by atoms with van der Waals surface area (Å²) in [6.45, 7) is 4.66. The Hall–Kier alpha value is -0.820. The van der Waals surface area contributed by atoms with E-state index in [9.17, 15) is 0 Å². The molecule has 0 spiro atoms. The van der Waals surface area contributed by atoms with Gasteiger partial charge in [-0.25, -0.2) is 0 Å². The van der Waals surface area contributed by atoms with E-state index in [1.807, 2.05) is 0 Å². The lowest BCUT2D eigenvalue weighted by atomic mass is 9.98. The highest BCUT2D eigenvalue weighted by Gasteiger charge is 2.24. The van der Waals surface area contributed by atoms with Gasteiger partial charge in [-0.1, -0.05) is 44.0 Å². The molecule has 0 aromatic heterocycles. The van der Waals surface area contributed by atoms with Gasteiger partial charge in [0.2, 0.25) is 0 Å². The van der Waals surface area contributed by atoms with E-state index in [0.717, 1.165) is 24.3 Å². The zero-order valence-electron chi connectivity index (χ0n) is 11.5. The first kappa shape index (κ1) is 12.2. The average molecular weight is 243 g/mol. The molecule has 18 heavy (non-hydrogen) atoms. The molecule has 0 aliphatic heterocycles. The van der Waals surface area contributed by atoms with Crippen molar-refractivity contribution in [2.75, 3.05) is 6.54 Å². The second kappa shape index (κ2) is 5.44. The summed E-state index contributed by atoms with van der Waals surface area (Å²) in [6, 6.07) is 9.18. The number of rotatable bonds is 5. The predicted molar refractivity (Wildman–Crippen MR) is 76.6 cm³/mol. The molecule has 2 aliphatic rings. The lowest BCUT2D eigenvalue weighted by molar-refractivity contribution is 0.392. The van der Waals surface area contributed by atoms with Gasteiger partial charge in [-0.3, -0.25) is 0 Å². The predicted octanol–water partition coefficient (Wildman–Crippen LogP) is 4.09. The Bertz CT molecular complexity index is 394. The van der Waals surface area contributed by atoms with Gasteiger partial charge in [-0.15, -0.1) is 0 Å². The zero-order valence-corrected chi connectivity index (χ0v) is 11.5. The first-order valence-electron chi connectivity index (χ1n) is 7.62. The minimum Gasteiger partial charge on any atom is -0.312 e. The van der Waals surface area contributed by atoms with Crippen molar-refractivity contribution in [2.24, 2.45) is 11.8 Å². The highest BCUT2D eigenvalue weighted by atomic mass is 14.9. The molecule has 2 fully saturated rings. The highest BCUT2D eigenvalue weighted by Crippen LogP contribution is 2.40. The number of nitrogens with one attached hydrogen (secondary N) is 1. The topological polar surface area (TPSA) is 12.0 Å². The van der Waals surface area contributed by atoms with Crippen molar-refractivity contribution in [1.82, 2.24) is 5.32 Å². The molecular formula is C17H25N. The summed E-state index contributed by atoms with van der Waals surface area (Å²) in [6.07, 6.45) is 7.09. The van der Waals surface area contributed by atoms with Gasteiger partial charge in [0.15, 0.2) is 0 Å². The van der Waals surface area contributed by atoms with E-state index in [1.54, 1.807) is 5.56 Å². The molecule has 0 heterocycles. The van der Waals surface area contributed by atoms with Gasteiger partial charge in [-0.2, -0.15) is 0 Å². The van der Waals surface area contributed by atoms with Crippen LogP contribution in [-0.4, -0.2) is 6.54 Å². The molecule has 1 aromatic rings. The van der Waals surface area contributed by atoms with E-state index in [-0.39, 0.29) is 0 Å². The van der Waals surface area contributed by atoms with E-state index in [4.69, 9.17) is 0 Å². The van der Waals surface area contributed by atoms with Crippen molar-refractivity contribution in [3.05, 3.63) is 35.4 Å². The summed E-state index contributed by atoms with van der Waals surface area (Å²) in [7, 11) is 0. The number of benzene rings is 1. The normalized spacial score (nSPS) is 27.6. The second-order valence-electron chi connectivity index (χ2n) is 6.32. The van der Waals surface area contributed by atoms with Crippen LogP contribution in [0.1, 0.15) is 56.1 Å². The molecule has 2 atom stereocenters. The fourth-order valence-electron chi connectivity index (χ4n) is 3.30. The molecule has 2 aliphatic carbocycles. The van der Waals surface area contributed by atoms with E-state index in [0.29, 0.717) is 0 Å². The summed E-state index contributed by atoms with van der Waals surface area (Å²) in [4.78, 5) is 0. The second-order valence-corrected chi connectivity index (χ2v) is 6.32. The lowest BCUT2D eigenvalue weighted by Crippen LogP contribution is -2.23. The van der Waals surface area contributed by atoms with Gasteiger partial charge < -0.3 is 5.32 Å². The fraction of sp³-hybridized carbons (Fsp3) is 0.647. The molecule has 1 N–H and O–H groups in total. The molecule has 0 bridgehead atoms. The summed E-state index contributed by atoms with van der Waals surface area (Å²) in [5.41, 5.74) is 3.02. The third-order valence-corrected chi connectivity index (χ3v) is 4.77. The molecular weight excluding hydrogens is 218 g/mol. The Balaban J connectivity index is 1.48. The standard InChI is InChI=1S/C17H25N/c1-13-4-2-7-17(13)12-18-11-14-5-3-6-16(10-14)15-8-9-15/h3,5-6,10,13,15,17-18H,2,4,7-9,11-12H2,1H3. The third kappa shape index (κ3) is 2.95. The molecule has 2 saturated carbocycles. The van der Waals surface area contributed by atoms with Crippen LogP contribution in [0.15, 0.2) is 24.3 Å². The SMILES string of the molecule is CC1CCCC1CNCc1cccc(C2CC2)c1. The van der Waals surface area contributed by atoms with Crippen LogP contribution in [0, 0.1) is 11.8 Å². The number of hydrogen-bond donors (Lipinski definition) is 1. The first-order valence-corrected chi connectivity index (χ1v) is 7.62. The largest absolute Gasteiger partial charge is 0.312 e. The van der Waals surface area contributed by atoms with Crippen LogP contribution in [-0.2, 0) is 6.54 Å².